The third-order valence-electron chi connectivity index (χ3n) is 6.49. The smallest absolute Gasteiger partial charge is 0.328 e. The number of anilines is 3. The number of hydrogen-bond acceptors (Lipinski definition) is 2. The SMILES string of the molecule is Cc1ccc(N(c2ccc(C=C(c3ccccc3)c3ccccc3)cc2)c2ccc(/C=C/C(=O)O)cc2)cc1. The second-order valence-corrected chi connectivity index (χ2v) is 9.32. The highest BCUT2D eigenvalue weighted by molar-refractivity contribution is 5.92. The van der Waals surface area contributed by atoms with Gasteiger partial charge in [0.2, 0.25) is 0 Å². The molecule has 0 heterocycles. The topological polar surface area (TPSA) is 40.5 Å². The van der Waals surface area contributed by atoms with Gasteiger partial charge in [-0.2, -0.15) is 0 Å². The van der Waals surface area contributed by atoms with E-state index in [1.54, 1.807) is 6.08 Å². The molecule has 1 N–H and O–H groups in total. The van der Waals surface area contributed by atoms with Gasteiger partial charge < -0.3 is 10.0 Å². The first-order valence-corrected chi connectivity index (χ1v) is 12.9. The van der Waals surface area contributed by atoms with E-state index in [-0.39, 0.29) is 0 Å². The second kappa shape index (κ2) is 11.9. The zero-order chi connectivity index (χ0) is 27.0. The molecule has 0 radical (unpaired) electrons. The third kappa shape index (κ3) is 6.41. The van der Waals surface area contributed by atoms with Gasteiger partial charge in [0, 0.05) is 23.1 Å². The van der Waals surface area contributed by atoms with E-state index in [4.69, 9.17) is 5.11 Å². The molecule has 5 aromatic carbocycles. The maximum atomic E-state index is 10.9. The van der Waals surface area contributed by atoms with Gasteiger partial charge >= 0.3 is 5.97 Å². The third-order valence-corrected chi connectivity index (χ3v) is 6.49. The van der Waals surface area contributed by atoms with Crippen molar-refractivity contribution in [3.05, 3.63) is 167 Å². The predicted molar refractivity (Wildman–Crippen MR) is 162 cm³/mol. The van der Waals surface area contributed by atoms with Crippen molar-refractivity contribution in [2.75, 3.05) is 4.90 Å². The van der Waals surface area contributed by atoms with Gasteiger partial charge in [0.15, 0.2) is 0 Å². The molecule has 5 aromatic rings. The predicted octanol–water partition coefficient (Wildman–Crippen LogP) is 9.15. The number of carbonyl (C=O) groups is 1. The molecule has 3 heteroatoms. The van der Waals surface area contributed by atoms with Crippen LogP contribution in [-0.2, 0) is 4.79 Å². The lowest BCUT2D eigenvalue weighted by Gasteiger charge is -2.26. The van der Waals surface area contributed by atoms with Crippen molar-refractivity contribution in [2.45, 2.75) is 6.92 Å². The van der Waals surface area contributed by atoms with E-state index in [1.165, 1.54) is 22.3 Å². The Bertz CT molecular complexity index is 1540. The number of benzene rings is 5. The molecule has 0 amide bonds. The molecule has 0 spiro atoms. The van der Waals surface area contributed by atoms with Gasteiger partial charge in [0.25, 0.3) is 0 Å². The van der Waals surface area contributed by atoms with Crippen LogP contribution in [0.2, 0.25) is 0 Å². The van der Waals surface area contributed by atoms with Crippen LogP contribution in [0.25, 0.3) is 17.7 Å². The first kappa shape index (κ1) is 25.5. The number of carboxylic acid groups (broad SMARTS) is 1. The van der Waals surface area contributed by atoms with Gasteiger partial charge in [0.1, 0.15) is 0 Å². The minimum absolute atomic E-state index is 0.833. The molecule has 0 bridgehead atoms. The Kier molecular flexibility index (Phi) is 7.80. The zero-order valence-corrected chi connectivity index (χ0v) is 21.7. The Labute approximate surface area is 229 Å². The number of rotatable bonds is 8. The van der Waals surface area contributed by atoms with Crippen molar-refractivity contribution >= 4 is 40.8 Å². The number of carboxylic acids is 1. The standard InChI is InChI=1S/C36H29NO2/c1-27-12-19-32(20-13-27)37(33-21-14-28(15-22-33)18-25-36(38)39)34-23-16-29(17-24-34)26-35(30-8-4-2-5-9-30)31-10-6-3-7-11-31/h2-26H,1H3,(H,38,39)/b25-18+. The van der Waals surface area contributed by atoms with Crippen molar-refractivity contribution in [3.63, 3.8) is 0 Å². The summed E-state index contributed by atoms with van der Waals surface area (Å²) in [5.41, 5.74) is 9.73. The Morgan fingerprint density at radius 1 is 0.590 bits per heavy atom. The zero-order valence-electron chi connectivity index (χ0n) is 21.7. The van der Waals surface area contributed by atoms with Gasteiger partial charge in [-0.25, -0.2) is 4.79 Å². The highest BCUT2D eigenvalue weighted by Gasteiger charge is 2.13. The molecule has 0 atom stereocenters. The number of hydrogen-bond donors (Lipinski definition) is 1. The Balaban J connectivity index is 1.52. The number of aliphatic carboxylic acids is 1. The van der Waals surface area contributed by atoms with E-state index in [9.17, 15) is 4.79 Å². The van der Waals surface area contributed by atoms with Crippen LogP contribution >= 0.6 is 0 Å². The Hall–Kier alpha value is -5.15. The fourth-order valence-corrected chi connectivity index (χ4v) is 4.50. The quantitative estimate of drug-likeness (QED) is 0.168. The summed E-state index contributed by atoms with van der Waals surface area (Å²) in [6.07, 6.45) is 4.98. The fraction of sp³-hybridized carbons (Fsp3) is 0.0278. The molecule has 190 valence electrons. The maximum Gasteiger partial charge on any atom is 0.328 e. The number of nitrogens with zero attached hydrogens (tertiary/aromatic N) is 1. The normalized spacial score (nSPS) is 10.8. The van der Waals surface area contributed by atoms with Gasteiger partial charge in [-0.15, -0.1) is 0 Å². The van der Waals surface area contributed by atoms with Gasteiger partial charge in [-0.3, -0.25) is 0 Å². The molecule has 0 aliphatic heterocycles. The molecule has 0 aromatic heterocycles. The second-order valence-electron chi connectivity index (χ2n) is 9.32. The summed E-state index contributed by atoms with van der Waals surface area (Å²) >= 11 is 0. The largest absolute Gasteiger partial charge is 0.478 e. The highest BCUT2D eigenvalue weighted by Crippen LogP contribution is 2.35. The summed E-state index contributed by atoms with van der Waals surface area (Å²) in [7, 11) is 0. The summed E-state index contributed by atoms with van der Waals surface area (Å²) in [6, 6.07) is 45.8. The van der Waals surface area contributed by atoms with E-state index < -0.39 is 5.97 Å². The van der Waals surface area contributed by atoms with Crippen LogP contribution in [0.1, 0.15) is 27.8 Å². The number of aryl methyl sites for hydroxylation is 1. The van der Waals surface area contributed by atoms with E-state index >= 15 is 0 Å². The van der Waals surface area contributed by atoms with Crippen molar-refractivity contribution in [3.8, 4) is 0 Å². The average Bonchev–Trinajstić information content (AvgIpc) is 2.98. The molecule has 0 fully saturated rings. The van der Waals surface area contributed by atoms with E-state index in [0.29, 0.717) is 0 Å². The van der Waals surface area contributed by atoms with Crippen molar-refractivity contribution in [2.24, 2.45) is 0 Å². The molecular formula is C36H29NO2. The first-order chi connectivity index (χ1) is 19.1. The highest BCUT2D eigenvalue weighted by atomic mass is 16.4. The molecule has 0 unspecified atom stereocenters. The van der Waals surface area contributed by atoms with E-state index in [0.717, 1.165) is 34.3 Å². The Morgan fingerprint density at radius 2 is 1.03 bits per heavy atom. The maximum absolute atomic E-state index is 10.9. The van der Waals surface area contributed by atoms with Crippen molar-refractivity contribution < 1.29 is 9.90 Å². The van der Waals surface area contributed by atoms with Gasteiger partial charge in [0.05, 0.1) is 0 Å². The van der Waals surface area contributed by atoms with Crippen LogP contribution in [0.3, 0.4) is 0 Å². The average molecular weight is 508 g/mol. The minimum atomic E-state index is -0.961. The summed E-state index contributed by atoms with van der Waals surface area (Å²) in [5, 5.41) is 8.94. The summed E-state index contributed by atoms with van der Waals surface area (Å²) < 4.78 is 0. The monoisotopic (exact) mass is 507 g/mol. The molecule has 0 aliphatic carbocycles. The minimum Gasteiger partial charge on any atom is -0.478 e. The molecule has 0 aliphatic rings. The first-order valence-electron chi connectivity index (χ1n) is 12.9. The lowest BCUT2D eigenvalue weighted by atomic mass is 9.95. The molecule has 39 heavy (non-hydrogen) atoms. The van der Waals surface area contributed by atoms with Gasteiger partial charge in [-0.1, -0.05) is 103 Å². The fourth-order valence-electron chi connectivity index (χ4n) is 4.50. The van der Waals surface area contributed by atoms with Crippen LogP contribution in [0, 0.1) is 6.92 Å². The van der Waals surface area contributed by atoms with Crippen LogP contribution < -0.4 is 4.90 Å². The van der Waals surface area contributed by atoms with Crippen LogP contribution in [0.4, 0.5) is 17.1 Å². The Morgan fingerprint density at radius 3 is 1.49 bits per heavy atom. The summed E-state index contributed by atoms with van der Waals surface area (Å²) in [4.78, 5) is 13.1. The summed E-state index contributed by atoms with van der Waals surface area (Å²) in [5.74, 6) is -0.961. The van der Waals surface area contributed by atoms with E-state index in [2.05, 4.69) is 115 Å². The van der Waals surface area contributed by atoms with Crippen LogP contribution in [0.5, 0.6) is 0 Å². The molecule has 0 saturated carbocycles. The van der Waals surface area contributed by atoms with E-state index in [1.807, 2.05) is 36.4 Å². The molecular weight excluding hydrogens is 478 g/mol. The molecule has 5 rings (SSSR count). The lowest BCUT2D eigenvalue weighted by molar-refractivity contribution is -0.131. The van der Waals surface area contributed by atoms with Crippen molar-refractivity contribution in [1.82, 2.24) is 0 Å². The van der Waals surface area contributed by atoms with Crippen LogP contribution in [0.15, 0.2) is 140 Å². The van der Waals surface area contributed by atoms with Crippen LogP contribution in [-0.4, -0.2) is 11.1 Å². The van der Waals surface area contributed by atoms with Gasteiger partial charge in [-0.05, 0) is 83.3 Å². The molecule has 3 nitrogen and oxygen atoms in total. The summed E-state index contributed by atoms with van der Waals surface area (Å²) in [6.45, 7) is 2.08. The van der Waals surface area contributed by atoms with Crippen molar-refractivity contribution in [1.29, 1.82) is 0 Å². The lowest BCUT2D eigenvalue weighted by Crippen LogP contribution is -2.09. The molecule has 0 saturated heterocycles.